The molecule has 3 heterocycles. The lowest BCUT2D eigenvalue weighted by Crippen LogP contribution is -2.33. The maximum Gasteiger partial charge on any atom is 0.327 e. The topological polar surface area (TPSA) is 89.5 Å². The van der Waals surface area contributed by atoms with Crippen LogP contribution in [-0.4, -0.2) is 30.2 Å². The monoisotopic (exact) mass is 408 g/mol. The quantitative estimate of drug-likeness (QED) is 0.544. The van der Waals surface area contributed by atoms with Crippen molar-refractivity contribution in [3.05, 3.63) is 64.6 Å². The van der Waals surface area contributed by atoms with E-state index in [9.17, 15) is 19.1 Å². The summed E-state index contributed by atoms with van der Waals surface area (Å²) >= 11 is 0. The Morgan fingerprint density at radius 2 is 1.90 bits per heavy atom. The molecular formula is C22H21FN4O3. The Hall–Kier alpha value is -3.55. The Bertz CT molecular complexity index is 1320. The van der Waals surface area contributed by atoms with Crippen LogP contribution in [0.4, 0.5) is 4.39 Å². The molecule has 0 amide bonds. The van der Waals surface area contributed by atoms with Crippen molar-refractivity contribution in [3.8, 4) is 11.1 Å². The zero-order chi connectivity index (χ0) is 21.6. The molecule has 0 radical (unpaired) electrons. The van der Waals surface area contributed by atoms with E-state index in [0.717, 1.165) is 16.8 Å². The molecule has 4 aromatic rings. The largest absolute Gasteiger partial charge is 0.480 e. The van der Waals surface area contributed by atoms with Gasteiger partial charge in [-0.05, 0) is 36.1 Å². The summed E-state index contributed by atoms with van der Waals surface area (Å²) in [7, 11) is 0. The molecule has 0 saturated heterocycles. The minimum absolute atomic E-state index is 0.268. The first-order chi connectivity index (χ1) is 14.3. The zero-order valence-corrected chi connectivity index (χ0v) is 16.8. The third kappa shape index (κ3) is 3.04. The van der Waals surface area contributed by atoms with Crippen molar-refractivity contribution in [2.45, 2.75) is 33.2 Å². The molecule has 3 aromatic heterocycles. The molecule has 4 rings (SSSR count). The van der Waals surface area contributed by atoms with Gasteiger partial charge in [0.25, 0.3) is 5.56 Å². The van der Waals surface area contributed by atoms with E-state index < -0.39 is 17.6 Å². The molecule has 0 aliphatic heterocycles. The van der Waals surface area contributed by atoms with E-state index in [4.69, 9.17) is 0 Å². The first-order valence-corrected chi connectivity index (χ1v) is 9.73. The number of rotatable bonds is 5. The number of aliphatic carboxylic acids is 1. The Morgan fingerprint density at radius 1 is 1.20 bits per heavy atom. The molecule has 1 aromatic carbocycles. The van der Waals surface area contributed by atoms with E-state index in [2.05, 4.69) is 10.1 Å². The van der Waals surface area contributed by atoms with Gasteiger partial charge in [0, 0.05) is 18.0 Å². The number of fused-ring (bicyclic) bond motifs is 3. The third-order valence-corrected chi connectivity index (χ3v) is 5.26. The van der Waals surface area contributed by atoms with E-state index in [1.54, 1.807) is 36.6 Å². The van der Waals surface area contributed by atoms with Crippen LogP contribution >= 0.6 is 0 Å². The van der Waals surface area contributed by atoms with Crippen molar-refractivity contribution in [1.82, 2.24) is 19.2 Å². The number of halogens is 1. The third-order valence-electron chi connectivity index (χ3n) is 5.26. The predicted molar refractivity (Wildman–Crippen MR) is 111 cm³/mol. The van der Waals surface area contributed by atoms with E-state index in [1.165, 1.54) is 29.1 Å². The molecule has 0 bridgehead atoms. The summed E-state index contributed by atoms with van der Waals surface area (Å²) in [5.41, 5.74) is 3.01. The number of nitrogens with zero attached hydrogens (tertiary/aromatic N) is 4. The van der Waals surface area contributed by atoms with Gasteiger partial charge >= 0.3 is 5.97 Å². The van der Waals surface area contributed by atoms with Crippen molar-refractivity contribution >= 4 is 22.5 Å². The molecule has 0 spiro atoms. The summed E-state index contributed by atoms with van der Waals surface area (Å²) in [5.74, 6) is -1.66. The van der Waals surface area contributed by atoms with Crippen molar-refractivity contribution in [3.63, 3.8) is 0 Å². The van der Waals surface area contributed by atoms with Crippen LogP contribution in [-0.2, 0) is 11.2 Å². The highest BCUT2D eigenvalue weighted by Crippen LogP contribution is 2.30. The number of hydrogen-bond donors (Lipinski definition) is 1. The number of carboxylic acids is 1. The normalized spacial score (nSPS) is 12.7. The van der Waals surface area contributed by atoms with Crippen LogP contribution in [0.2, 0.25) is 0 Å². The fourth-order valence-electron chi connectivity index (χ4n) is 3.83. The summed E-state index contributed by atoms with van der Waals surface area (Å²) in [5, 5.41) is 14.5. The standard InChI is InChI=1S/C22H21FN4O3/c1-4-16-18(13-5-7-14(23)8-6-13)20-24-11-15-17(27(20)25-16)9-10-26(21(15)28)19(12(2)3)22(29)30/h5-12,19H,4H2,1-3H3,(H,29,30)/t19-/m1/s1. The second-order valence-corrected chi connectivity index (χ2v) is 7.53. The molecule has 1 N–H and O–H groups in total. The average Bonchev–Trinajstić information content (AvgIpc) is 3.09. The second kappa shape index (κ2) is 7.37. The number of benzene rings is 1. The van der Waals surface area contributed by atoms with Gasteiger partial charge in [-0.1, -0.05) is 32.9 Å². The summed E-state index contributed by atoms with van der Waals surface area (Å²) in [6.07, 6.45) is 3.58. The highest BCUT2D eigenvalue weighted by atomic mass is 19.1. The molecule has 0 aliphatic rings. The van der Waals surface area contributed by atoms with Crippen LogP contribution in [0.5, 0.6) is 0 Å². The minimum atomic E-state index is -1.06. The lowest BCUT2D eigenvalue weighted by molar-refractivity contribution is -0.142. The molecule has 1 atom stereocenters. The first kappa shape index (κ1) is 19.8. The lowest BCUT2D eigenvalue weighted by atomic mass is 10.0. The van der Waals surface area contributed by atoms with E-state index in [-0.39, 0.29) is 17.1 Å². The molecular weight excluding hydrogens is 387 g/mol. The van der Waals surface area contributed by atoms with E-state index in [1.807, 2.05) is 6.92 Å². The van der Waals surface area contributed by atoms with Crippen LogP contribution in [0.1, 0.15) is 32.5 Å². The number of aryl methyl sites for hydroxylation is 1. The number of carbonyl (C=O) groups is 1. The maximum absolute atomic E-state index is 13.4. The van der Waals surface area contributed by atoms with Crippen molar-refractivity contribution < 1.29 is 14.3 Å². The molecule has 30 heavy (non-hydrogen) atoms. The lowest BCUT2D eigenvalue weighted by Gasteiger charge is -2.19. The van der Waals surface area contributed by atoms with Crippen molar-refractivity contribution in [2.24, 2.45) is 5.92 Å². The molecule has 0 fully saturated rings. The Balaban J connectivity index is 1.99. The number of carboxylic acid groups (broad SMARTS) is 1. The molecule has 0 saturated carbocycles. The highest BCUT2D eigenvalue weighted by molar-refractivity contribution is 5.86. The van der Waals surface area contributed by atoms with Gasteiger partial charge in [0.2, 0.25) is 0 Å². The highest BCUT2D eigenvalue weighted by Gasteiger charge is 2.26. The number of pyridine rings is 1. The van der Waals surface area contributed by atoms with E-state index in [0.29, 0.717) is 17.6 Å². The van der Waals surface area contributed by atoms with Gasteiger partial charge in [-0.25, -0.2) is 18.7 Å². The van der Waals surface area contributed by atoms with Crippen LogP contribution < -0.4 is 5.56 Å². The van der Waals surface area contributed by atoms with Gasteiger partial charge < -0.3 is 9.67 Å². The van der Waals surface area contributed by atoms with Crippen LogP contribution in [0.15, 0.2) is 47.5 Å². The molecule has 0 aliphatic carbocycles. The van der Waals surface area contributed by atoms with Crippen molar-refractivity contribution in [1.29, 1.82) is 0 Å². The fourth-order valence-corrected chi connectivity index (χ4v) is 3.83. The van der Waals surface area contributed by atoms with Gasteiger partial charge in [-0.2, -0.15) is 5.10 Å². The van der Waals surface area contributed by atoms with Gasteiger partial charge in [0.1, 0.15) is 11.9 Å². The summed E-state index contributed by atoms with van der Waals surface area (Å²) in [6.45, 7) is 5.48. The first-order valence-electron chi connectivity index (χ1n) is 9.73. The zero-order valence-electron chi connectivity index (χ0n) is 16.8. The Kier molecular flexibility index (Phi) is 4.85. The van der Waals surface area contributed by atoms with Gasteiger partial charge in [0.15, 0.2) is 5.65 Å². The van der Waals surface area contributed by atoms with Gasteiger partial charge in [-0.15, -0.1) is 0 Å². The summed E-state index contributed by atoms with van der Waals surface area (Å²) < 4.78 is 16.2. The van der Waals surface area contributed by atoms with Gasteiger partial charge in [-0.3, -0.25) is 4.79 Å². The minimum Gasteiger partial charge on any atom is -0.480 e. The average molecular weight is 408 g/mol. The van der Waals surface area contributed by atoms with Gasteiger partial charge in [0.05, 0.1) is 16.6 Å². The Morgan fingerprint density at radius 3 is 2.50 bits per heavy atom. The summed E-state index contributed by atoms with van der Waals surface area (Å²) in [4.78, 5) is 29.2. The second-order valence-electron chi connectivity index (χ2n) is 7.53. The predicted octanol–water partition coefficient (Wildman–Crippen LogP) is 3.69. The smallest absolute Gasteiger partial charge is 0.327 e. The molecule has 0 unspecified atom stereocenters. The fraction of sp³-hybridized carbons (Fsp3) is 0.273. The molecule has 7 nitrogen and oxygen atoms in total. The summed E-state index contributed by atoms with van der Waals surface area (Å²) in [6, 6.07) is 6.83. The maximum atomic E-state index is 13.4. The van der Waals surface area contributed by atoms with Crippen molar-refractivity contribution in [2.75, 3.05) is 0 Å². The van der Waals surface area contributed by atoms with E-state index >= 15 is 0 Å². The Labute approximate surface area is 171 Å². The van der Waals surface area contributed by atoms with Crippen LogP contribution in [0.25, 0.3) is 27.7 Å². The van der Waals surface area contributed by atoms with Crippen LogP contribution in [0, 0.1) is 11.7 Å². The molecule has 8 heteroatoms. The van der Waals surface area contributed by atoms with Crippen LogP contribution in [0.3, 0.4) is 0 Å². The number of hydrogen-bond acceptors (Lipinski definition) is 4. The SMILES string of the molecule is CCc1nn2c(ncc3c(=O)n([C@@H](C(=O)O)C(C)C)ccc32)c1-c1ccc(F)cc1. The molecule has 154 valence electrons. The number of aromatic nitrogens is 4.